The van der Waals surface area contributed by atoms with E-state index in [9.17, 15) is 4.79 Å². The molecule has 108 valence electrons. The van der Waals surface area contributed by atoms with Gasteiger partial charge in [-0.05, 0) is 44.1 Å². The van der Waals surface area contributed by atoms with E-state index in [2.05, 4.69) is 11.1 Å². The van der Waals surface area contributed by atoms with Crippen molar-refractivity contribution < 1.29 is 14.3 Å². The highest BCUT2D eigenvalue weighted by Gasteiger charge is 2.20. The lowest BCUT2D eigenvalue weighted by Gasteiger charge is -2.24. The summed E-state index contributed by atoms with van der Waals surface area (Å²) in [4.78, 5) is 15.8. The maximum Gasteiger partial charge on any atom is 0.330 e. The minimum Gasteiger partial charge on any atom is -0.481 e. The Morgan fingerprint density at radius 3 is 3.00 bits per heavy atom. The molecule has 0 amide bonds. The summed E-state index contributed by atoms with van der Waals surface area (Å²) < 4.78 is 10.0. The smallest absolute Gasteiger partial charge is 0.330 e. The predicted octanol–water partition coefficient (Wildman–Crippen LogP) is 3.24. The number of allylic oxidation sites excluding steroid dienone is 1. The topological polar surface area (TPSA) is 48.4 Å². The van der Waals surface area contributed by atoms with Gasteiger partial charge in [-0.15, -0.1) is 0 Å². The molecule has 2 rings (SSSR count). The summed E-state index contributed by atoms with van der Waals surface area (Å²) in [6, 6.07) is 3.95. The van der Waals surface area contributed by atoms with Crippen LogP contribution in [0.1, 0.15) is 44.1 Å². The van der Waals surface area contributed by atoms with Crippen LogP contribution in [0.2, 0.25) is 0 Å². The quantitative estimate of drug-likeness (QED) is 0.625. The highest BCUT2D eigenvalue weighted by molar-refractivity contribution is 5.82. The second-order valence-corrected chi connectivity index (χ2v) is 4.98. The van der Waals surface area contributed by atoms with Gasteiger partial charge in [0.2, 0.25) is 5.88 Å². The van der Waals surface area contributed by atoms with Gasteiger partial charge in [-0.3, -0.25) is 0 Å². The molecule has 1 atom stereocenters. The van der Waals surface area contributed by atoms with Crippen molar-refractivity contribution in [3.8, 4) is 5.88 Å². The molecule has 0 radical (unpaired) electrons. The Hall–Kier alpha value is -1.84. The molecule has 4 heteroatoms. The lowest BCUT2D eigenvalue weighted by atomic mass is 9.81. The number of hydrogen-bond donors (Lipinski definition) is 0. The van der Waals surface area contributed by atoms with E-state index in [1.807, 2.05) is 19.2 Å². The van der Waals surface area contributed by atoms with Crippen LogP contribution < -0.4 is 4.74 Å². The second-order valence-electron chi connectivity index (χ2n) is 4.98. The minimum atomic E-state index is -0.226. The fourth-order valence-electron chi connectivity index (χ4n) is 2.62. The molecule has 0 bridgehead atoms. The summed E-state index contributed by atoms with van der Waals surface area (Å²) in [7, 11) is 1.61. The number of ether oxygens (including phenoxy) is 2. The Balaban J connectivity index is 2.04. The van der Waals surface area contributed by atoms with E-state index in [0.717, 1.165) is 25.7 Å². The van der Waals surface area contributed by atoms with Gasteiger partial charge in [-0.25, -0.2) is 9.78 Å². The number of carbonyl (C=O) groups is 1. The maximum absolute atomic E-state index is 11.5. The molecule has 0 spiro atoms. The summed E-state index contributed by atoms with van der Waals surface area (Å²) in [5, 5.41) is 0. The number of esters is 1. The van der Waals surface area contributed by atoms with Gasteiger partial charge in [0, 0.05) is 18.3 Å². The average Bonchev–Trinajstić information content (AvgIpc) is 2.48. The Kier molecular flexibility index (Phi) is 5.16. The predicted molar refractivity (Wildman–Crippen MR) is 76.7 cm³/mol. The van der Waals surface area contributed by atoms with Crippen LogP contribution in [0.15, 0.2) is 30.0 Å². The Bertz CT molecular complexity index is 479. The van der Waals surface area contributed by atoms with Gasteiger partial charge in [0.15, 0.2) is 0 Å². The van der Waals surface area contributed by atoms with E-state index in [1.54, 1.807) is 13.2 Å². The number of carbonyl (C=O) groups excluding carboxylic acids is 1. The number of pyridine rings is 1. The first-order chi connectivity index (χ1) is 9.72. The molecule has 1 fully saturated rings. The number of rotatable bonds is 4. The molecule has 0 unspecified atom stereocenters. The van der Waals surface area contributed by atoms with Crippen molar-refractivity contribution in [1.82, 2.24) is 4.98 Å². The van der Waals surface area contributed by atoms with Gasteiger partial charge in [-0.2, -0.15) is 0 Å². The lowest BCUT2D eigenvalue weighted by Crippen LogP contribution is -2.10. The molecule has 0 aliphatic heterocycles. The van der Waals surface area contributed by atoms with Crippen molar-refractivity contribution in [3.63, 3.8) is 0 Å². The first kappa shape index (κ1) is 14.6. The SMILES string of the molecule is CCOC(=O)C=C1CCC[C@@H](c2ccc(OC)nc2)C1. The molecule has 1 aliphatic rings. The zero-order valence-electron chi connectivity index (χ0n) is 12.1. The Morgan fingerprint density at radius 2 is 2.35 bits per heavy atom. The van der Waals surface area contributed by atoms with Gasteiger partial charge in [0.1, 0.15) is 0 Å². The molecule has 1 aliphatic carbocycles. The van der Waals surface area contributed by atoms with Crippen molar-refractivity contribution in [3.05, 3.63) is 35.5 Å². The van der Waals surface area contributed by atoms with Crippen LogP contribution in [0.5, 0.6) is 5.88 Å². The first-order valence-electron chi connectivity index (χ1n) is 7.09. The summed E-state index contributed by atoms with van der Waals surface area (Å²) in [5.74, 6) is 0.839. The summed E-state index contributed by atoms with van der Waals surface area (Å²) in [6.45, 7) is 2.25. The normalized spacial score (nSPS) is 20.7. The third kappa shape index (κ3) is 3.83. The monoisotopic (exact) mass is 275 g/mol. The fraction of sp³-hybridized carbons (Fsp3) is 0.500. The molecular weight excluding hydrogens is 254 g/mol. The van der Waals surface area contributed by atoms with Crippen LogP contribution in [0.3, 0.4) is 0 Å². The zero-order chi connectivity index (χ0) is 14.4. The van der Waals surface area contributed by atoms with Crippen molar-refractivity contribution in [1.29, 1.82) is 0 Å². The van der Waals surface area contributed by atoms with E-state index in [-0.39, 0.29) is 5.97 Å². The Morgan fingerprint density at radius 1 is 1.50 bits per heavy atom. The van der Waals surface area contributed by atoms with Crippen LogP contribution in [0.4, 0.5) is 0 Å². The number of hydrogen-bond acceptors (Lipinski definition) is 4. The van der Waals surface area contributed by atoms with Crippen LogP contribution in [0, 0.1) is 0 Å². The van der Waals surface area contributed by atoms with Crippen molar-refractivity contribution in [2.24, 2.45) is 0 Å². The molecular formula is C16H21NO3. The summed E-state index contributed by atoms with van der Waals surface area (Å²) in [6.07, 6.45) is 7.66. The van der Waals surface area contributed by atoms with E-state index in [4.69, 9.17) is 9.47 Å². The molecule has 1 aromatic heterocycles. The van der Waals surface area contributed by atoms with Crippen LogP contribution >= 0.6 is 0 Å². The highest BCUT2D eigenvalue weighted by atomic mass is 16.5. The van der Waals surface area contributed by atoms with Crippen LogP contribution in [-0.2, 0) is 9.53 Å². The average molecular weight is 275 g/mol. The fourth-order valence-corrected chi connectivity index (χ4v) is 2.62. The van der Waals surface area contributed by atoms with Crippen molar-refractivity contribution in [2.45, 2.75) is 38.5 Å². The molecule has 1 saturated carbocycles. The number of aromatic nitrogens is 1. The molecule has 1 heterocycles. The minimum absolute atomic E-state index is 0.226. The standard InChI is InChI=1S/C16H21NO3/c1-3-20-16(18)10-12-5-4-6-13(9-12)14-7-8-15(19-2)17-11-14/h7-8,10-11,13H,3-6,9H2,1-2H3/t13-/m1/s1. The number of methoxy groups -OCH3 is 1. The molecule has 0 N–H and O–H groups in total. The molecule has 0 aromatic carbocycles. The van der Waals surface area contributed by atoms with Gasteiger partial charge in [0.05, 0.1) is 13.7 Å². The van der Waals surface area contributed by atoms with Crippen LogP contribution in [-0.4, -0.2) is 24.7 Å². The van der Waals surface area contributed by atoms with Gasteiger partial charge in [0.25, 0.3) is 0 Å². The van der Waals surface area contributed by atoms with E-state index >= 15 is 0 Å². The highest BCUT2D eigenvalue weighted by Crippen LogP contribution is 2.35. The Labute approximate surface area is 119 Å². The third-order valence-corrected chi connectivity index (χ3v) is 3.61. The molecule has 4 nitrogen and oxygen atoms in total. The van der Waals surface area contributed by atoms with Gasteiger partial charge >= 0.3 is 5.97 Å². The number of nitrogens with zero attached hydrogens (tertiary/aromatic N) is 1. The molecule has 20 heavy (non-hydrogen) atoms. The van der Waals surface area contributed by atoms with Crippen molar-refractivity contribution in [2.75, 3.05) is 13.7 Å². The first-order valence-corrected chi connectivity index (χ1v) is 7.09. The zero-order valence-corrected chi connectivity index (χ0v) is 12.1. The van der Waals surface area contributed by atoms with E-state index in [1.165, 1.54) is 11.1 Å². The van der Waals surface area contributed by atoms with Crippen LogP contribution in [0.25, 0.3) is 0 Å². The molecule has 1 aromatic rings. The summed E-state index contributed by atoms with van der Waals surface area (Å²) >= 11 is 0. The van der Waals surface area contributed by atoms with E-state index < -0.39 is 0 Å². The van der Waals surface area contributed by atoms with E-state index in [0.29, 0.717) is 18.4 Å². The largest absolute Gasteiger partial charge is 0.481 e. The third-order valence-electron chi connectivity index (χ3n) is 3.61. The van der Waals surface area contributed by atoms with Gasteiger partial charge in [-0.1, -0.05) is 11.6 Å². The second kappa shape index (κ2) is 7.08. The lowest BCUT2D eigenvalue weighted by molar-refractivity contribution is -0.137. The maximum atomic E-state index is 11.5. The van der Waals surface area contributed by atoms with Gasteiger partial charge < -0.3 is 9.47 Å². The van der Waals surface area contributed by atoms with Crippen molar-refractivity contribution >= 4 is 5.97 Å². The summed E-state index contributed by atoms with van der Waals surface area (Å²) in [5.41, 5.74) is 2.38. The molecule has 0 saturated heterocycles.